The summed E-state index contributed by atoms with van der Waals surface area (Å²) in [5.41, 5.74) is 0.0727. The van der Waals surface area contributed by atoms with Gasteiger partial charge in [-0.3, -0.25) is 9.48 Å². The van der Waals surface area contributed by atoms with Gasteiger partial charge >= 0.3 is 11.8 Å². The third-order valence-electron chi connectivity index (χ3n) is 6.11. The van der Waals surface area contributed by atoms with Crippen LogP contribution in [-0.2, 0) is 0 Å². The lowest BCUT2D eigenvalue weighted by molar-refractivity contribution is -0.614. The molecule has 1 aliphatic rings. The number of ether oxygens (including phenoxy) is 2. The fourth-order valence-electron chi connectivity index (χ4n) is 4.23. The number of hydrogen-bond acceptors (Lipinski definition) is 7. The van der Waals surface area contributed by atoms with Crippen LogP contribution in [0.15, 0.2) is 36.5 Å². The van der Waals surface area contributed by atoms with E-state index in [-0.39, 0.29) is 24.0 Å². The van der Waals surface area contributed by atoms with E-state index in [4.69, 9.17) is 14.7 Å². The maximum absolute atomic E-state index is 12.8. The molecule has 0 unspecified atom stereocenters. The molecule has 0 saturated heterocycles. The van der Waals surface area contributed by atoms with Crippen molar-refractivity contribution in [3.05, 3.63) is 47.4 Å². The molecular formula is C23H25N5O5. The molecule has 2 heterocycles. The minimum Gasteiger partial charge on any atom is -0.615 e. The Morgan fingerprint density at radius 1 is 1.36 bits per heavy atom. The second-order valence-electron chi connectivity index (χ2n) is 8.21. The van der Waals surface area contributed by atoms with E-state index in [0.717, 1.165) is 5.39 Å². The number of carbonyl (C=O) groups excluding carboxylic acids is 1. The lowest BCUT2D eigenvalue weighted by Gasteiger charge is -2.34. The van der Waals surface area contributed by atoms with Crippen LogP contribution >= 0.6 is 0 Å². The number of fused-ring (bicyclic) bond motifs is 1. The Labute approximate surface area is 190 Å². The predicted molar refractivity (Wildman–Crippen MR) is 119 cm³/mol. The summed E-state index contributed by atoms with van der Waals surface area (Å²) in [6.45, 7) is 0. The number of aromatic nitrogens is 3. The van der Waals surface area contributed by atoms with Crippen LogP contribution in [0.4, 0.5) is 5.69 Å². The van der Waals surface area contributed by atoms with Gasteiger partial charge in [0, 0.05) is 23.7 Å². The summed E-state index contributed by atoms with van der Waals surface area (Å²) >= 11 is 0. The summed E-state index contributed by atoms with van der Waals surface area (Å²) in [5.74, 6) is -0.174. The normalized spacial score (nSPS) is 20.2. The zero-order valence-corrected chi connectivity index (χ0v) is 18.4. The Bertz CT molecular complexity index is 1220. The number of aliphatic hydroxyl groups is 1. The van der Waals surface area contributed by atoms with E-state index in [1.807, 2.05) is 10.9 Å². The first-order chi connectivity index (χ1) is 15.9. The van der Waals surface area contributed by atoms with Gasteiger partial charge in [-0.2, -0.15) is 10.4 Å². The van der Waals surface area contributed by atoms with E-state index in [1.54, 1.807) is 18.2 Å². The highest BCUT2D eigenvalue weighted by molar-refractivity contribution is 6.04. The van der Waals surface area contributed by atoms with Crippen molar-refractivity contribution >= 4 is 22.5 Å². The van der Waals surface area contributed by atoms with Crippen molar-refractivity contribution in [2.24, 2.45) is 0 Å². The molecule has 0 radical (unpaired) electrons. The van der Waals surface area contributed by atoms with Gasteiger partial charge in [0.2, 0.25) is 0 Å². The molecule has 1 aromatic carbocycles. The first kappa shape index (κ1) is 22.4. The molecule has 172 valence electrons. The number of rotatable bonds is 6. The second kappa shape index (κ2) is 8.96. The number of pyridine rings is 1. The molecule has 10 nitrogen and oxygen atoms in total. The van der Waals surface area contributed by atoms with Crippen LogP contribution < -0.4 is 19.5 Å². The van der Waals surface area contributed by atoms with Crippen LogP contribution in [0.2, 0.25) is 0 Å². The minimum atomic E-state index is -0.920. The molecule has 1 fully saturated rings. The standard InChI is InChI=1S/C23H25N5O5/c1-32-20-13-17-15(14-27(26-17)16-6-8-23(30,9-7-16)10-11-24)12-18(20)25-22(29)19-4-3-5-21(33-2)28(19)31/h3-5,12-14,16,30H,6-10H2,1-2H3,(H,25,29). The smallest absolute Gasteiger partial charge is 0.379 e. The van der Waals surface area contributed by atoms with Crippen molar-refractivity contribution in [2.45, 2.75) is 43.7 Å². The number of methoxy groups -OCH3 is 2. The molecule has 1 amide bonds. The summed E-state index contributed by atoms with van der Waals surface area (Å²) in [5, 5.41) is 39.9. The maximum atomic E-state index is 12.8. The lowest BCUT2D eigenvalue weighted by atomic mass is 9.80. The van der Waals surface area contributed by atoms with Crippen LogP contribution in [0.25, 0.3) is 10.9 Å². The summed E-state index contributed by atoms with van der Waals surface area (Å²) in [6, 6.07) is 10.1. The fourth-order valence-corrected chi connectivity index (χ4v) is 4.23. The van der Waals surface area contributed by atoms with Gasteiger partial charge in [0.05, 0.1) is 55.6 Å². The summed E-state index contributed by atoms with van der Waals surface area (Å²) in [4.78, 5) is 12.8. The van der Waals surface area contributed by atoms with Crippen LogP contribution in [0, 0.1) is 16.5 Å². The topological polar surface area (TPSA) is 136 Å². The van der Waals surface area contributed by atoms with E-state index in [2.05, 4.69) is 16.5 Å². The molecule has 2 aromatic heterocycles. The van der Waals surface area contributed by atoms with Crippen LogP contribution in [0.1, 0.15) is 48.6 Å². The Hall–Kier alpha value is -3.84. The number of hydrogen-bond donors (Lipinski definition) is 2. The zero-order valence-electron chi connectivity index (χ0n) is 18.4. The van der Waals surface area contributed by atoms with Gasteiger partial charge in [-0.15, -0.1) is 4.73 Å². The highest BCUT2D eigenvalue weighted by atomic mass is 16.5. The van der Waals surface area contributed by atoms with Gasteiger partial charge < -0.3 is 25.1 Å². The third kappa shape index (κ3) is 4.40. The SMILES string of the molecule is COc1cc2nn(C3CCC(O)(CC#N)CC3)cc2cc1NC(=O)c1cccc(OC)[n+]1[O-]. The Kier molecular flexibility index (Phi) is 6.07. The number of amides is 1. The molecular weight excluding hydrogens is 426 g/mol. The molecule has 3 aromatic rings. The molecule has 4 rings (SSSR count). The largest absolute Gasteiger partial charge is 0.615 e. The number of carbonyl (C=O) groups is 1. The van der Waals surface area contributed by atoms with Crippen LogP contribution in [0.5, 0.6) is 11.6 Å². The van der Waals surface area contributed by atoms with Crippen molar-refractivity contribution in [1.29, 1.82) is 5.26 Å². The first-order valence-corrected chi connectivity index (χ1v) is 10.6. The molecule has 10 heteroatoms. The maximum Gasteiger partial charge on any atom is 0.379 e. The number of benzene rings is 1. The van der Waals surface area contributed by atoms with Crippen molar-refractivity contribution in [1.82, 2.24) is 9.78 Å². The quantitative estimate of drug-likeness (QED) is 0.434. The van der Waals surface area contributed by atoms with E-state index in [0.29, 0.717) is 47.4 Å². The number of nitrogens with zero attached hydrogens (tertiary/aromatic N) is 4. The van der Waals surface area contributed by atoms with Gasteiger partial charge in [0.1, 0.15) is 5.75 Å². The Balaban J connectivity index is 1.58. The summed E-state index contributed by atoms with van der Waals surface area (Å²) in [7, 11) is 2.85. The van der Waals surface area contributed by atoms with Gasteiger partial charge in [0.15, 0.2) is 0 Å². The predicted octanol–water partition coefficient (Wildman–Crippen LogP) is 2.70. The third-order valence-corrected chi connectivity index (χ3v) is 6.11. The summed E-state index contributed by atoms with van der Waals surface area (Å²) in [6.07, 6.45) is 4.54. The first-order valence-electron chi connectivity index (χ1n) is 10.6. The number of nitriles is 1. The highest BCUT2D eigenvalue weighted by Gasteiger charge is 2.34. The molecule has 1 aliphatic carbocycles. The van der Waals surface area contributed by atoms with E-state index in [1.165, 1.54) is 26.4 Å². The van der Waals surface area contributed by atoms with Crippen LogP contribution in [-0.4, -0.2) is 40.6 Å². The Morgan fingerprint density at radius 3 is 2.79 bits per heavy atom. The molecule has 1 saturated carbocycles. The van der Waals surface area contributed by atoms with Crippen molar-refractivity contribution in [3.63, 3.8) is 0 Å². The average molecular weight is 451 g/mol. The lowest BCUT2D eigenvalue weighted by Crippen LogP contribution is -2.38. The monoisotopic (exact) mass is 451 g/mol. The molecule has 2 N–H and O–H groups in total. The van der Waals surface area contributed by atoms with Gasteiger partial charge in [0.25, 0.3) is 5.69 Å². The highest BCUT2D eigenvalue weighted by Crippen LogP contribution is 2.38. The van der Waals surface area contributed by atoms with E-state index >= 15 is 0 Å². The van der Waals surface area contributed by atoms with Gasteiger partial charge in [-0.05, 0) is 37.8 Å². The fraction of sp³-hybridized carbons (Fsp3) is 0.391. The van der Waals surface area contributed by atoms with Gasteiger partial charge in [-0.25, -0.2) is 0 Å². The van der Waals surface area contributed by atoms with Gasteiger partial charge in [-0.1, -0.05) is 0 Å². The molecule has 0 atom stereocenters. The van der Waals surface area contributed by atoms with E-state index in [9.17, 15) is 15.1 Å². The van der Waals surface area contributed by atoms with E-state index < -0.39 is 11.5 Å². The average Bonchev–Trinajstić information content (AvgIpc) is 3.21. The van der Waals surface area contributed by atoms with Crippen LogP contribution in [0.3, 0.4) is 0 Å². The summed E-state index contributed by atoms with van der Waals surface area (Å²) < 4.78 is 12.7. The van der Waals surface area contributed by atoms with Crippen molar-refractivity contribution in [3.8, 4) is 17.7 Å². The molecule has 0 aliphatic heterocycles. The molecule has 0 bridgehead atoms. The Morgan fingerprint density at radius 2 is 2.12 bits per heavy atom. The molecule has 0 spiro atoms. The molecule has 33 heavy (non-hydrogen) atoms. The number of anilines is 1. The van der Waals surface area contributed by atoms with Crippen molar-refractivity contribution < 1.29 is 24.1 Å². The van der Waals surface area contributed by atoms with Crippen molar-refractivity contribution in [2.75, 3.05) is 19.5 Å². The minimum absolute atomic E-state index is 0.0143. The number of nitrogens with one attached hydrogen (secondary N) is 1. The second-order valence-corrected chi connectivity index (χ2v) is 8.21. The zero-order chi connectivity index (χ0) is 23.6.